The number of aromatic nitrogens is 1. The summed E-state index contributed by atoms with van der Waals surface area (Å²) in [7, 11) is 1.97. The molecule has 1 aromatic rings. The molecule has 2 rings (SSSR count). The van der Waals surface area contributed by atoms with Crippen LogP contribution in [0.15, 0.2) is 31.1 Å². The molecule has 0 N–H and O–H groups in total. The fraction of sp³-hybridized carbons (Fsp3) is 0.100. The predicted molar refractivity (Wildman–Crippen MR) is 50.1 cm³/mol. The van der Waals surface area contributed by atoms with Crippen molar-refractivity contribution in [2.45, 2.75) is 0 Å². The number of fused-ring (bicyclic) bond motifs is 1. The van der Waals surface area contributed by atoms with Crippen LogP contribution in [0.25, 0.3) is 11.8 Å². The van der Waals surface area contributed by atoms with Crippen LogP contribution < -0.4 is 0 Å². The van der Waals surface area contributed by atoms with Gasteiger partial charge in [-0.3, -0.25) is 4.98 Å². The fourth-order valence-corrected chi connectivity index (χ4v) is 1.24. The second-order valence-electron chi connectivity index (χ2n) is 2.81. The van der Waals surface area contributed by atoms with E-state index in [1.165, 1.54) is 0 Å². The fourth-order valence-electron chi connectivity index (χ4n) is 1.24. The Hall–Kier alpha value is -1.57. The van der Waals surface area contributed by atoms with Crippen LogP contribution in [-0.2, 0) is 0 Å². The van der Waals surface area contributed by atoms with Crippen molar-refractivity contribution in [2.24, 2.45) is 0 Å². The van der Waals surface area contributed by atoms with Crippen LogP contribution in [0.4, 0.5) is 0 Å². The van der Waals surface area contributed by atoms with Gasteiger partial charge in [-0.15, -0.1) is 0 Å². The SMILES string of the molecule is C=C1c2ncccc2C=CN1C. The Labute approximate surface area is 71.9 Å². The lowest BCUT2D eigenvalue weighted by Crippen LogP contribution is -2.13. The average molecular weight is 158 g/mol. The van der Waals surface area contributed by atoms with Gasteiger partial charge in [0, 0.05) is 25.0 Å². The molecule has 2 heterocycles. The van der Waals surface area contributed by atoms with Crippen molar-refractivity contribution in [3.05, 3.63) is 42.4 Å². The van der Waals surface area contributed by atoms with Crippen LogP contribution in [0, 0.1) is 0 Å². The molecule has 1 aliphatic rings. The summed E-state index contributed by atoms with van der Waals surface area (Å²) in [6.45, 7) is 3.95. The molecule has 0 atom stereocenters. The Bertz CT molecular complexity index is 353. The van der Waals surface area contributed by atoms with Crippen molar-refractivity contribution in [3.8, 4) is 0 Å². The first-order valence-electron chi connectivity index (χ1n) is 3.84. The second kappa shape index (κ2) is 2.48. The van der Waals surface area contributed by atoms with Crippen LogP contribution in [0.5, 0.6) is 0 Å². The topological polar surface area (TPSA) is 16.1 Å². The molecule has 60 valence electrons. The Morgan fingerprint density at radius 2 is 2.33 bits per heavy atom. The van der Waals surface area contributed by atoms with Crippen molar-refractivity contribution in [3.63, 3.8) is 0 Å². The highest BCUT2D eigenvalue weighted by molar-refractivity contribution is 5.73. The van der Waals surface area contributed by atoms with Gasteiger partial charge >= 0.3 is 0 Å². The van der Waals surface area contributed by atoms with E-state index in [-0.39, 0.29) is 0 Å². The summed E-state index contributed by atoms with van der Waals surface area (Å²) in [6, 6.07) is 3.97. The zero-order valence-electron chi connectivity index (χ0n) is 6.99. The van der Waals surface area contributed by atoms with Gasteiger partial charge in [0.1, 0.15) is 0 Å². The molecule has 0 bridgehead atoms. The number of hydrogen-bond acceptors (Lipinski definition) is 2. The molecule has 0 aromatic carbocycles. The van der Waals surface area contributed by atoms with Gasteiger partial charge in [0.15, 0.2) is 0 Å². The van der Waals surface area contributed by atoms with Crippen LogP contribution in [0.3, 0.4) is 0 Å². The summed E-state index contributed by atoms with van der Waals surface area (Å²) in [5, 5.41) is 0. The lowest BCUT2D eigenvalue weighted by molar-refractivity contribution is 0.651. The molecule has 0 saturated carbocycles. The van der Waals surface area contributed by atoms with E-state index >= 15 is 0 Å². The lowest BCUT2D eigenvalue weighted by atomic mass is 10.1. The summed E-state index contributed by atoms with van der Waals surface area (Å²) in [5.74, 6) is 0. The van der Waals surface area contributed by atoms with E-state index in [0.29, 0.717) is 0 Å². The second-order valence-corrected chi connectivity index (χ2v) is 2.81. The molecule has 0 fully saturated rings. The number of rotatable bonds is 0. The molecule has 0 saturated heterocycles. The van der Waals surface area contributed by atoms with E-state index in [4.69, 9.17) is 0 Å². The minimum atomic E-state index is 0.952. The molecule has 1 aromatic heterocycles. The monoisotopic (exact) mass is 158 g/mol. The van der Waals surface area contributed by atoms with E-state index < -0.39 is 0 Å². The highest BCUT2D eigenvalue weighted by atomic mass is 15.1. The molecule has 2 heteroatoms. The first kappa shape index (κ1) is 7.10. The minimum absolute atomic E-state index is 0.952. The van der Waals surface area contributed by atoms with E-state index in [1.807, 2.05) is 36.4 Å². The zero-order chi connectivity index (χ0) is 8.55. The number of hydrogen-bond donors (Lipinski definition) is 0. The van der Waals surface area contributed by atoms with E-state index in [0.717, 1.165) is 17.0 Å². The van der Waals surface area contributed by atoms with Crippen LogP contribution >= 0.6 is 0 Å². The van der Waals surface area contributed by atoms with E-state index in [1.54, 1.807) is 6.20 Å². The van der Waals surface area contributed by atoms with Gasteiger partial charge in [-0.2, -0.15) is 0 Å². The van der Waals surface area contributed by atoms with E-state index in [2.05, 4.69) is 11.6 Å². The van der Waals surface area contributed by atoms with Crippen LogP contribution in [0.2, 0.25) is 0 Å². The normalized spacial score (nSPS) is 14.8. The lowest BCUT2D eigenvalue weighted by Gasteiger charge is -2.21. The molecule has 1 aliphatic heterocycles. The van der Waals surface area contributed by atoms with Crippen LogP contribution in [-0.4, -0.2) is 16.9 Å². The van der Waals surface area contributed by atoms with Gasteiger partial charge in [0.25, 0.3) is 0 Å². The zero-order valence-corrected chi connectivity index (χ0v) is 6.99. The molecular formula is C10H10N2. The minimum Gasteiger partial charge on any atom is -0.350 e. The maximum Gasteiger partial charge on any atom is 0.0932 e. The third-order valence-electron chi connectivity index (χ3n) is 2.02. The van der Waals surface area contributed by atoms with E-state index in [9.17, 15) is 0 Å². The average Bonchev–Trinajstić information content (AvgIpc) is 2.12. The Kier molecular flexibility index (Phi) is 1.47. The maximum absolute atomic E-state index is 4.26. The van der Waals surface area contributed by atoms with Crippen molar-refractivity contribution < 1.29 is 0 Å². The van der Waals surface area contributed by atoms with Gasteiger partial charge in [-0.25, -0.2) is 0 Å². The van der Waals surface area contributed by atoms with Crippen molar-refractivity contribution in [2.75, 3.05) is 7.05 Å². The molecule has 0 unspecified atom stereocenters. The molecule has 2 nitrogen and oxygen atoms in total. The highest BCUT2D eigenvalue weighted by Crippen LogP contribution is 2.23. The Morgan fingerprint density at radius 1 is 1.50 bits per heavy atom. The molecule has 0 amide bonds. The number of pyridine rings is 1. The standard InChI is InChI=1S/C10H10N2/c1-8-10-9(4-3-6-11-10)5-7-12(8)2/h3-7H,1H2,2H3. The molecule has 0 spiro atoms. The summed E-state index contributed by atoms with van der Waals surface area (Å²) in [6.07, 6.45) is 5.82. The molecule has 0 radical (unpaired) electrons. The molecular weight excluding hydrogens is 148 g/mol. The maximum atomic E-state index is 4.26. The first-order valence-corrected chi connectivity index (χ1v) is 3.84. The van der Waals surface area contributed by atoms with Gasteiger partial charge in [0.05, 0.1) is 11.4 Å². The predicted octanol–water partition coefficient (Wildman–Crippen LogP) is 1.97. The smallest absolute Gasteiger partial charge is 0.0932 e. The quantitative estimate of drug-likeness (QED) is 0.573. The summed E-state index contributed by atoms with van der Waals surface area (Å²) in [4.78, 5) is 6.23. The summed E-state index contributed by atoms with van der Waals surface area (Å²) >= 11 is 0. The third kappa shape index (κ3) is 0.925. The van der Waals surface area contributed by atoms with Gasteiger partial charge in [0.2, 0.25) is 0 Å². The molecule has 12 heavy (non-hydrogen) atoms. The first-order chi connectivity index (χ1) is 5.79. The van der Waals surface area contributed by atoms with Crippen LogP contribution in [0.1, 0.15) is 11.3 Å². The summed E-state index contributed by atoms with van der Waals surface area (Å²) in [5.41, 5.74) is 3.07. The Balaban J connectivity index is 2.59. The van der Waals surface area contributed by atoms with Gasteiger partial charge in [-0.1, -0.05) is 12.6 Å². The third-order valence-corrected chi connectivity index (χ3v) is 2.02. The Morgan fingerprint density at radius 3 is 3.17 bits per heavy atom. The summed E-state index contributed by atoms with van der Waals surface area (Å²) < 4.78 is 0. The van der Waals surface area contributed by atoms with Crippen molar-refractivity contribution >= 4 is 11.8 Å². The van der Waals surface area contributed by atoms with Gasteiger partial charge < -0.3 is 4.90 Å². The van der Waals surface area contributed by atoms with Gasteiger partial charge in [-0.05, 0) is 12.1 Å². The van der Waals surface area contributed by atoms with Crippen molar-refractivity contribution in [1.29, 1.82) is 0 Å². The van der Waals surface area contributed by atoms with Crippen molar-refractivity contribution in [1.82, 2.24) is 9.88 Å². The largest absolute Gasteiger partial charge is 0.350 e. The number of nitrogens with zero attached hydrogens (tertiary/aromatic N) is 2. The molecule has 0 aliphatic carbocycles. The highest BCUT2D eigenvalue weighted by Gasteiger charge is 2.11.